The summed E-state index contributed by atoms with van der Waals surface area (Å²) in [5.74, 6) is 0.846. The monoisotopic (exact) mass is 346 g/mol. The fourth-order valence-corrected chi connectivity index (χ4v) is 4.56. The molecule has 2 fully saturated rings. The largest absolute Gasteiger partial charge is 0.458 e. The number of ether oxygens (including phenoxy) is 1. The average molecular weight is 347 g/mol. The number of hydrogen-bond acceptors (Lipinski definition) is 2. The van der Waals surface area contributed by atoms with Crippen LogP contribution in [0.4, 0.5) is 0 Å². The molecule has 0 N–H and O–H groups in total. The second kappa shape index (κ2) is 7.08. The predicted octanol–water partition coefficient (Wildman–Crippen LogP) is 4.55. The van der Waals surface area contributed by atoms with Crippen LogP contribution in [0, 0.1) is 17.8 Å². The van der Waals surface area contributed by atoms with Crippen LogP contribution < -0.4 is 0 Å². The van der Waals surface area contributed by atoms with Crippen LogP contribution >= 0.6 is 11.6 Å². The van der Waals surface area contributed by atoms with Crippen molar-refractivity contribution in [3.63, 3.8) is 0 Å². The van der Waals surface area contributed by atoms with Crippen LogP contribution in [0.25, 0.3) is 5.53 Å². The maximum atomic E-state index is 12.6. The van der Waals surface area contributed by atoms with Gasteiger partial charge in [-0.15, -0.1) is 0 Å². The van der Waals surface area contributed by atoms with Crippen LogP contribution in [0.5, 0.6) is 0 Å². The van der Waals surface area contributed by atoms with Crippen LogP contribution in [0.2, 0.25) is 5.02 Å². The van der Waals surface area contributed by atoms with E-state index in [-0.39, 0.29) is 23.9 Å². The van der Waals surface area contributed by atoms with Crippen molar-refractivity contribution in [1.29, 1.82) is 0 Å². The number of benzene rings is 1. The number of carbonyl (C=O) groups excluding carboxylic acids is 1. The van der Waals surface area contributed by atoms with Gasteiger partial charge in [-0.2, -0.15) is 4.79 Å². The highest BCUT2D eigenvalue weighted by Crippen LogP contribution is 2.43. The fourth-order valence-electron chi connectivity index (χ4n) is 4.31. The smallest absolute Gasteiger partial charge is 0.338 e. The highest BCUT2D eigenvalue weighted by molar-refractivity contribution is 6.31. The van der Waals surface area contributed by atoms with Crippen molar-refractivity contribution in [2.75, 3.05) is 0 Å². The van der Waals surface area contributed by atoms with Crippen molar-refractivity contribution in [2.24, 2.45) is 17.8 Å². The number of carbonyl (C=O) groups is 1. The minimum Gasteiger partial charge on any atom is -0.458 e. The Kier molecular flexibility index (Phi) is 5.07. The van der Waals surface area contributed by atoms with E-state index in [0.29, 0.717) is 16.5 Å². The van der Waals surface area contributed by atoms with Crippen molar-refractivity contribution >= 4 is 23.3 Å². The summed E-state index contributed by atoms with van der Waals surface area (Å²) in [7, 11) is 0. The summed E-state index contributed by atoms with van der Waals surface area (Å²) in [6, 6.07) is 5.31. The summed E-state index contributed by atoms with van der Waals surface area (Å²) < 4.78 is 5.91. The summed E-state index contributed by atoms with van der Waals surface area (Å²) >= 11 is 6.13. The Morgan fingerprint density at radius 2 is 2.00 bits per heavy atom. The zero-order chi connectivity index (χ0) is 17.3. The third kappa shape index (κ3) is 3.40. The Labute approximate surface area is 147 Å². The lowest BCUT2D eigenvalue weighted by Crippen LogP contribution is -2.45. The predicted molar refractivity (Wildman–Crippen MR) is 93.3 cm³/mol. The van der Waals surface area contributed by atoms with Crippen LogP contribution in [-0.4, -0.2) is 22.6 Å². The van der Waals surface area contributed by atoms with Crippen LogP contribution in [0.1, 0.15) is 55.5 Å². The normalized spacial score (nSPS) is 29.0. The minimum atomic E-state index is -0.277. The topological polar surface area (TPSA) is 62.7 Å². The number of hydrogen-bond donors (Lipinski definition) is 0. The number of fused-ring (bicyclic) bond motifs is 2. The number of aryl methyl sites for hydroxylation is 1. The molecule has 0 spiro atoms. The molecule has 0 heterocycles. The highest BCUT2D eigenvalue weighted by Gasteiger charge is 2.46. The molecule has 2 aliphatic carbocycles. The molecular weight excluding hydrogens is 324 g/mol. The van der Waals surface area contributed by atoms with Crippen molar-refractivity contribution in [3.8, 4) is 0 Å². The zero-order valence-electron chi connectivity index (χ0n) is 14.2. The van der Waals surface area contributed by atoms with E-state index in [1.807, 2.05) is 13.0 Å². The lowest BCUT2D eigenvalue weighted by atomic mass is 9.66. The first-order valence-corrected chi connectivity index (χ1v) is 9.08. The van der Waals surface area contributed by atoms with Crippen molar-refractivity contribution in [3.05, 3.63) is 39.9 Å². The van der Waals surface area contributed by atoms with Gasteiger partial charge in [-0.3, -0.25) is 0 Å². The van der Waals surface area contributed by atoms with E-state index in [9.17, 15) is 4.79 Å². The molecule has 24 heavy (non-hydrogen) atoms. The molecule has 0 aromatic heterocycles. The molecule has 5 heteroatoms. The van der Waals surface area contributed by atoms with Gasteiger partial charge in [0, 0.05) is 16.9 Å². The Morgan fingerprint density at radius 1 is 1.33 bits per heavy atom. The van der Waals surface area contributed by atoms with Gasteiger partial charge in [0.05, 0.1) is 18.4 Å². The maximum absolute atomic E-state index is 12.6. The fraction of sp³-hybridized carbons (Fsp3) is 0.579. The first-order valence-electron chi connectivity index (χ1n) is 8.71. The average Bonchev–Trinajstić information content (AvgIpc) is 2.55. The number of halogens is 1. The van der Waals surface area contributed by atoms with E-state index in [0.717, 1.165) is 43.4 Å². The molecule has 128 valence electrons. The third-order valence-electron chi connectivity index (χ3n) is 5.38. The molecule has 1 aromatic rings. The molecule has 0 radical (unpaired) electrons. The molecule has 0 amide bonds. The Bertz CT molecular complexity index is 679. The maximum Gasteiger partial charge on any atom is 0.338 e. The second-order valence-corrected chi connectivity index (χ2v) is 7.61. The van der Waals surface area contributed by atoms with E-state index in [1.54, 1.807) is 12.1 Å². The Morgan fingerprint density at radius 3 is 2.58 bits per heavy atom. The molecule has 3 rings (SSSR count). The molecule has 1 aromatic carbocycles. The van der Waals surface area contributed by atoms with Crippen LogP contribution in [-0.2, 0) is 11.2 Å². The number of esters is 1. The highest BCUT2D eigenvalue weighted by atomic mass is 35.5. The van der Waals surface area contributed by atoms with Crippen LogP contribution in [0.3, 0.4) is 0 Å². The molecule has 2 unspecified atom stereocenters. The lowest BCUT2D eigenvalue weighted by molar-refractivity contribution is -0.0619. The summed E-state index contributed by atoms with van der Waals surface area (Å²) in [4.78, 5) is 16.0. The van der Waals surface area contributed by atoms with E-state index < -0.39 is 0 Å². The summed E-state index contributed by atoms with van der Waals surface area (Å²) in [6.07, 6.45) is 4.15. The first kappa shape index (κ1) is 17.2. The number of nitrogens with zero attached hydrogens (tertiary/aromatic N) is 2. The quantitative estimate of drug-likeness (QED) is 0.457. The van der Waals surface area contributed by atoms with Gasteiger partial charge in [0.1, 0.15) is 6.10 Å². The molecule has 2 saturated carbocycles. The van der Waals surface area contributed by atoms with E-state index >= 15 is 0 Å². The Hall–Kier alpha value is -1.64. The third-order valence-corrected chi connectivity index (χ3v) is 5.75. The molecule has 0 aliphatic heterocycles. The summed E-state index contributed by atoms with van der Waals surface area (Å²) in [5, 5.41) is 0.682. The van der Waals surface area contributed by atoms with Gasteiger partial charge in [0.2, 0.25) is 0 Å². The van der Waals surface area contributed by atoms with Gasteiger partial charge >= 0.3 is 5.97 Å². The molecule has 2 bridgehead atoms. The van der Waals surface area contributed by atoms with Gasteiger partial charge < -0.3 is 10.3 Å². The summed E-state index contributed by atoms with van der Waals surface area (Å²) in [5.41, 5.74) is 11.5. The van der Waals surface area contributed by atoms with Crippen molar-refractivity contribution in [1.82, 2.24) is 0 Å². The van der Waals surface area contributed by atoms with Gasteiger partial charge in [-0.25, -0.2) is 4.79 Å². The minimum absolute atomic E-state index is 0.0834. The zero-order valence-corrected chi connectivity index (χ0v) is 14.9. The van der Waals surface area contributed by atoms with E-state index in [2.05, 4.69) is 11.7 Å². The number of rotatable bonds is 3. The van der Waals surface area contributed by atoms with E-state index in [1.165, 1.54) is 0 Å². The lowest BCUT2D eigenvalue weighted by Gasteiger charge is -2.42. The second-order valence-electron chi connectivity index (χ2n) is 7.20. The Balaban J connectivity index is 1.77. The van der Waals surface area contributed by atoms with E-state index in [4.69, 9.17) is 21.9 Å². The van der Waals surface area contributed by atoms with Crippen molar-refractivity contribution in [2.45, 2.75) is 52.1 Å². The van der Waals surface area contributed by atoms with Gasteiger partial charge in [0.25, 0.3) is 5.71 Å². The molecule has 2 atom stereocenters. The van der Waals surface area contributed by atoms with Crippen LogP contribution in [0.15, 0.2) is 18.2 Å². The summed E-state index contributed by atoms with van der Waals surface area (Å²) in [6.45, 7) is 4.25. The standard InChI is InChI=1S/C19H23ClN2O2/c1-3-12-8-13(4-5-17(12)20)19(23)24-18-14-6-11(2)7-15(18)10-16(9-14)22-21/h4-5,8,11,14-15,18H,3,6-7,9-10H2,1-2H3. The molecule has 0 saturated heterocycles. The van der Waals surface area contributed by atoms with Gasteiger partial charge in [0.15, 0.2) is 0 Å². The van der Waals surface area contributed by atoms with Gasteiger partial charge in [-0.05, 0) is 48.9 Å². The molecule has 2 aliphatic rings. The molecule has 4 nitrogen and oxygen atoms in total. The first-order chi connectivity index (χ1) is 11.5. The molecular formula is C19H23ClN2O2. The van der Waals surface area contributed by atoms with Crippen molar-refractivity contribution < 1.29 is 14.3 Å². The SMILES string of the molecule is CCc1cc(C(=O)OC2C3CC(=[N+]=[N-])CC2CC(C)C3)ccc1Cl. The van der Waals surface area contributed by atoms with Gasteiger partial charge in [-0.1, -0.05) is 25.4 Å².